The number of amides is 1. The number of nitrogens with zero attached hydrogens (tertiary/aromatic N) is 2. The number of esters is 1. The maximum atomic E-state index is 12.3. The highest BCUT2D eigenvalue weighted by molar-refractivity contribution is 6.36. The van der Waals surface area contributed by atoms with Crippen molar-refractivity contribution < 1.29 is 23.8 Å². The maximum Gasteiger partial charge on any atom is 0.412 e. The summed E-state index contributed by atoms with van der Waals surface area (Å²) in [5, 5.41) is 3.79. The van der Waals surface area contributed by atoms with Crippen LogP contribution >= 0.6 is 23.2 Å². The summed E-state index contributed by atoms with van der Waals surface area (Å²) in [5.41, 5.74) is 5.58. The molecule has 0 aliphatic carbocycles. The summed E-state index contributed by atoms with van der Waals surface area (Å²) in [6.07, 6.45) is 5.29. The Hall–Kier alpha value is -5.05. The third-order valence-corrected chi connectivity index (χ3v) is 7.77. The van der Waals surface area contributed by atoms with Gasteiger partial charge in [0.25, 0.3) is 0 Å². The largest absolute Gasteiger partial charge is 0.495 e. The zero-order valence-electron chi connectivity index (χ0n) is 27.2. The zero-order valence-corrected chi connectivity index (χ0v) is 28.7. The minimum atomic E-state index is -0.614. The lowest BCUT2D eigenvalue weighted by molar-refractivity contribution is 0.0598. The van der Waals surface area contributed by atoms with Gasteiger partial charge < -0.3 is 18.8 Å². The molecule has 1 aromatic heterocycles. The molecule has 0 bridgehead atoms. The van der Waals surface area contributed by atoms with Crippen LogP contribution in [0.15, 0.2) is 91.1 Å². The van der Waals surface area contributed by atoms with Crippen molar-refractivity contribution in [1.82, 2.24) is 9.55 Å². The van der Waals surface area contributed by atoms with Crippen LogP contribution in [0.3, 0.4) is 0 Å². The van der Waals surface area contributed by atoms with Crippen LogP contribution in [0.1, 0.15) is 48.1 Å². The second-order valence-electron chi connectivity index (χ2n) is 11.9. The molecule has 0 saturated heterocycles. The molecule has 0 saturated carbocycles. The quantitative estimate of drug-likeness (QED) is 0.156. The Balaban J connectivity index is 1.40. The number of aromatic nitrogens is 2. The number of carbonyl (C=O) groups excluding carboxylic acids is 2. The molecular weight excluding hydrogens is 649 g/mol. The summed E-state index contributed by atoms with van der Waals surface area (Å²) in [7, 11) is 2.92. The maximum absolute atomic E-state index is 12.3. The first-order valence-electron chi connectivity index (χ1n) is 15.1. The highest BCUT2D eigenvalue weighted by Crippen LogP contribution is 2.33. The Morgan fingerprint density at radius 3 is 2.33 bits per heavy atom. The lowest BCUT2D eigenvalue weighted by Crippen LogP contribution is -2.27. The molecule has 0 fully saturated rings. The fourth-order valence-electron chi connectivity index (χ4n) is 4.97. The SMILES string of the molecule is COC(=O)c1cccc(Cn2cc(-c3ccc(Cl)cc3Cl)nc2/C=C/c2ccc(-c3ccc(NC(=O)OC(C)(C)C)c(OC)c3)cc2)c1. The van der Waals surface area contributed by atoms with Crippen molar-refractivity contribution in [3.63, 3.8) is 0 Å². The predicted octanol–water partition coefficient (Wildman–Crippen LogP) is 9.88. The Morgan fingerprint density at radius 1 is 0.896 bits per heavy atom. The first kappa shape index (κ1) is 34.3. The van der Waals surface area contributed by atoms with Gasteiger partial charge in [-0.05, 0) is 91.6 Å². The van der Waals surface area contributed by atoms with E-state index < -0.39 is 17.7 Å². The molecule has 0 radical (unpaired) electrons. The van der Waals surface area contributed by atoms with Crippen molar-refractivity contribution in [2.75, 3.05) is 19.5 Å². The smallest absolute Gasteiger partial charge is 0.412 e. The number of hydrogen-bond donors (Lipinski definition) is 1. The van der Waals surface area contributed by atoms with Gasteiger partial charge in [-0.2, -0.15) is 0 Å². The van der Waals surface area contributed by atoms with Crippen LogP contribution in [0.2, 0.25) is 10.0 Å². The summed E-state index contributed by atoms with van der Waals surface area (Å²) >= 11 is 12.7. The van der Waals surface area contributed by atoms with Gasteiger partial charge in [0.05, 0.1) is 36.2 Å². The molecule has 48 heavy (non-hydrogen) atoms. The number of methoxy groups -OCH3 is 2. The Morgan fingerprint density at radius 2 is 1.65 bits per heavy atom. The van der Waals surface area contributed by atoms with E-state index in [4.69, 9.17) is 42.4 Å². The molecular formula is C38H35Cl2N3O5. The number of halogens is 2. The minimum Gasteiger partial charge on any atom is -0.495 e. The summed E-state index contributed by atoms with van der Waals surface area (Å²) in [6, 6.07) is 26.2. The predicted molar refractivity (Wildman–Crippen MR) is 192 cm³/mol. The van der Waals surface area contributed by atoms with Crippen molar-refractivity contribution in [1.29, 1.82) is 0 Å². The van der Waals surface area contributed by atoms with Gasteiger partial charge in [-0.25, -0.2) is 14.6 Å². The van der Waals surface area contributed by atoms with E-state index in [1.165, 1.54) is 7.11 Å². The zero-order chi connectivity index (χ0) is 34.4. The highest BCUT2D eigenvalue weighted by atomic mass is 35.5. The van der Waals surface area contributed by atoms with Gasteiger partial charge >= 0.3 is 12.1 Å². The van der Waals surface area contributed by atoms with E-state index in [9.17, 15) is 9.59 Å². The summed E-state index contributed by atoms with van der Waals surface area (Å²) < 4.78 is 17.8. The third kappa shape index (κ3) is 8.64. The van der Waals surface area contributed by atoms with Gasteiger partial charge in [0.1, 0.15) is 17.2 Å². The number of carbonyl (C=O) groups is 2. The lowest BCUT2D eigenvalue weighted by Gasteiger charge is -2.20. The fraction of sp³-hybridized carbons (Fsp3) is 0.184. The van der Waals surface area contributed by atoms with E-state index in [1.54, 1.807) is 31.4 Å². The molecule has 5 aromatic rings. The number of benzene rings is 4. The molecule has 4 aromatic carbocycles. The van der Waals surface area contributed by atoms with E-state index in [1.807, 2.05) is 104 Å². The molecule has 246 valence electrons. The van der Waals surface area contributed by atoms with Crippen molar-refractivity contribution in [3.8, 4) is 28.1 Å². The Kier molecular flexibility index (Phi) is 10.6. The topological polar surface area (TPSA) is 91.7 Å². The molecule has 1 heterocycles. The highest BCUT2D eigenvalue weighted by Gasteiger charge is 2.18. The van der Waals surface area contributed by atoms with Gasteiger partial charge in [-0.3, -0.25) is 5.32 Å². The molecule has 0 aliphatic rings. The fourth-order valence-corrected chi connectivity index (χ4v) is 5.48. The molecule has 0 spiro atoms. The molecule has 0 aliphatic heterocycles. The van der Waals surface area contributed by atoms with Gasteiger partial charge in [0.2, 0.25) is 0 Å². The average molecular weight is 685 g/mol. The number of hydrogen-bond acceptors (Lipinski definition) is 6. The second-order valence-corrected chi connectivity index (χ2v) is 12.8. The first-order valence-corrected chi connectivity index (χ1v) is 15.8. The summed E-state index contributed by atoms with van der Waals surface area (Å²) in [5.74, 6) is 0.816. The summed E-state index contributed by atoms with van der Waals surface area (Å²) in [4.78, 5) is 29.3. The molecule has 1 N–H and O–H groups in total. The second kappa shape index (κ2) is 14.8. The number of anilines is 1. The standard InChI is InChI=1S/C38H35Cl2N3O5/c1-38(2,3)48-37(45)42-32-17-14-27(20-34(32)46-4)26-12-9-24(10-13-26)11-18-35-41-33(30-16-15-29(39)21-31(30)40)23-43(35)22-25-7-6-8-28(19-25)36(44)47-5/h6-21,23H,22H2,1-5H3,(H,42,45)/b18-11+. The Bertz CT molecular complexity index is 1980. The number of ether oxygens (including phenoxy) is 3. The first-order chi connectivity index (χ1) is 22.9. The van der Waals surface area contributed by atoms with Crippen LogP contribution in [-0.2, 0) is 16.0 Å². The summed E-state index contributed by atoms with van der Waals surface area (Å²) in [6.45, 7) is 5.88. The molecule has 10 heteroatoms. The van der Waals surface area contributed by atoms with Crippen LogP contribution in [0, 0.1) is 0 Å². The average Bonchev–Trinajstić information content (AvgIpc) is 3.44. The van der Waals surface area contributed by atoms with Gasteiger partial charge in [0.15, 0.2) is 0 Å². The van der Waals surface area contributed by atoms with E-state index in [0.29, 0.717) is 45.1 Å². The van der Waals surface area contributed by atoms with E-state index in [-0.39, 0.29) is 0 Å². The molecule has 8 nitrogen and oxygen atoms in total. The van der Waals surface area contributed by atoms with Crippen LogP contribution < -0.4 is 10.1 Å². The molecule has 5 rings (SSSR count). The van der Waals surface area contributed by atoms with Crippen LogP contribution in [0.25, 0.3) is 34.5 Å². The molecule has 1 amide bonds. The van der Waals surface area contributed by atoms with Gasteiger partial charge in [-0.15, -0.1) is 0 Å². The van der Waals surface area contributed by atoms with E-state index >= 15 is 0 Å². The minimum absolute atomic E-state index is 0.397. The van der Waals surface area contributed by atoms with Gasteiger partial charge in [-0.1, -0.05) is 71.7 Å². The van der Waals surface area contributed by atoms with E-state index in [2.05, 4.69) is 5.32 Å². The number of rotatable bonds is 9. The van der Waals surface area contributed by atoms with Crippen molar-refractivity contribution >= 4 is 53.1 Å². The van der Waals surface area contributed by atoms with E-state index in [0.717, 1.165) is 27.8 Å². The van der Waals surface area contributed by atoms with Crippen molar-refractivity contribution in [2.24, 2.45) is 0 Å². The van der Waals surface area contributed by atoms with Crippen LogP contribution in [0.4, 0.5) is 10.5 Å². The lowest BCUT2D eigenvalue weighted by atomic mass is 10.0. The van der Waals surface area contributed by atoms with Crippen LogP contribution in [0.5, 0.6) is 5.75 Å². The van der Waals surface area contributed by atoms with Crippen molar-refractivity contribution in [2.45, 2.75) is 32.9 Å². The normalized spacial score (nSPS) is 11.4. The molecule has 0 atom stereocenters. The van der Waals surface area contributed by atoms with Crippen LogP contribution in [-0.4, -0.2) is 41.4 Å². The third-order valence-electron chi connectivity index (χ3n) is 7.22. The molecule has 0 unspecified atom stereocenters. The van der Waals surface area contributed by atoms with Gasteiger partial charge in [0, 0.05) is 23.3 Å². The Labute approximate surface area is 289 Å². The number of nitrogens with one attached hydrogen (secondary N) is 1. The van der Waals surface area contributed by atoms with Crippen molar-refractivity contribution in [3.05, 3.63) is 124 Å². The monoisotopic (exact) mass is 683 g/mol. The number of imidazole rings is 1.